The monoisotopic (exact) mass is 446 g/mol. The van der Waals surface area contributed by atoms with E-state index in [0.717, 1.165) is 12.1 Å². The molecule has 0 bridgehead atoms. The van der Waals surface area contributed by atoms with Gasteiger partial charge in [0, 0.05) is 12.2 Å². The molecule has 2 saturated heterocycles. The highest BCUT2D eigenvalue weighted by Crippen LogP contribution is 2.41. The molecular weight excluding hydrogens is 421 g/mol. The minimum Gasteiger partial charge on any atom is -0.351 e. The lowest BCUT2D eigenvalue weighted by molar-refractivity contribution is -0.172. The number of nitrogens with zero attached hydrogens (tertiary/aromatic N) is 4. The molecule has 2 aliphatic rings. The van der Waals surface area contributed by atoms with Crippen molar-refractivity contribution in [2.75, 3.05) is 24.5 Å². The minimum absolute atomic E-state index is 0.0488. The third-order valence-electron chi connectivity index (χ3n) is 6.30. The maximum Gasteiger partial charge on any atom is 0.416 e. The van der Waals surface area contributed by atoms with Crippen LogP contribution >= 0.6 is 0 Å². The van der Waals surface area contributed by atoms with Gasteiger partial charge in [0.25, 0.3) is 5.91 Å². The zero-order valence-electron chi connectivity index (χ0n) is 18.1. The van der Waals surface area contributed by atoms with Gasteiger partial charge in [-0.2, -0.15) is 13.2 Å². The topological polar surface area (TPSA) is 56.8 Å². The first-order chi connectivity index (χ1) is 15.0. The fourth-order valence-corrected chi connectivity index (χ4v) is 4.58. The number of amides is 2. The van der Waals surface area contributed by atoms with Gasteiger partial charge in [-0.1, -0.05) is 18.2 Å². The summed E-state index contributed by atoms with van der Waals surface area (Å²) in [6, 6.07) is 9.56. The van der Waals surface area contributed by atoms with Crippen LogP contribution in [-0.2, 0) is 15.8 Å². The lowest BCUT2D eigenvalue weighted by Crippen LogP contribution is -2.81. The van der Waals surface area contributed by atoms with Gasteiger partial charge in [0.05, 0.1) is 24.7 Å². The number of aromatic nitrogens is 1. The van der Waals surface area contributed by atoms with E-state index >= 15 is 0 Å². The van der Waals surface area contributed by atoms with Crippen LogP contribution in [0.1, 0.15) is 37.9 Å². The van der Waals surface area contributed by atoms with Crippen molar-refractivity contribution in [3.63, 3.8) is 0 Å². The molecule has 0 N–H and O–H groups in total. The van der Waals surface area contributed by atoms with Crippen molar-refractivity contribution in [2.45, 2.75) is 44.6 Å². The third kappa shape index (κ3) is 3.59. The molecule has 32 heavy (non-hydrogen) atoms. The van der Waals surface area contributed by atoms with E-state index in [1.54, 1.807) is 29.0 Å². The molecule has 1 aromatic heterocycles. The Morgan fingerprint density at radius 3 is 2.19 bits per heavy atom. The number of pyridine rings is 1. The molecule has 0 radical (unpaired) electrons. The van der Waals surface area contributed by atoms with E-state index in [1.807, 2.05) is 30.9 Å². The normalized spacial score (nSPS) is 19.5. The molecule has 1 spiro atoms. The Morgan fingerprint density at radius 2 is 1.66 bits per heavy atom. The Morgan fingerprint density at radius 1 is 1.00 bits per heavy atom. The number of halogens is 3. The van der Waals surface area contributed by atoms with Crippen molar-refractivity contribution < 1.29 is 22.8 Å². The highest BCUT2D eigenvalue weighted by atomic mass is 19.4. The van der Waals surface area contributed by atoms with Crippen LogP contribution in [0.4, 0.5) is 19.0 Å². The number of alkyl halides is 3. The van der Waals surface area contributed by atoms with Crippen LogP contribution in [0.15, 0.2) is 48.7 Å². The van der Waals surface area contributed by atoms with Crippen molar-refractivity contribution >= 4 is 17.6 Å². The zero-order valence-corrected chi connectivity index (χ0v) is 18.1. The van der Waals surface area contributed by atoms with Gasteiger partial charge in [-0.15, -0.1) is 0 Å². The Kier molecular flexibility index (Phi) is 5.38. The Labute approximate surface area is 184 Å². The summed E-state index contributed by atoms with van der Waals surface area (Å²) in [5, 5.41) is 0. The lowest BCUT2D eigenvalue weighted by atomic mass is 9.81. The molecule has 2 amide bonds. The van der Waals surface area contributed by atoms with Crippen molar-refractivity contribution in [3.05, 3.63) is 59.8 Å². The number of carbonyl (C=O) groups is 2. The second-order valence-corrected chi connectivity index (χ2v) is 8.66. The molecule has 170 valence electrons. The summed E-state index contributed by atoms with van der Waals surface area (Å²) in [7, 11) is 0. The lowest BCUT2D eigenvalue weighted by Gasteiger charge is -2.60. The average Bonchev–Trinajstić information content (AvgIpc) is 2.72. The molecule has 3 heterocycles. The van der Waals surface area contributed by atoms with Crippen molar-refractivity contribution in [1.82, 2.24) is 14.8 Å². The van der Waals surface area contributed by atoms with E-state index in [1.165, 1.54) is 12.1 Å². The number of carbonyl (C=O) groups excluding carboxylic acids is 2. The van der Waals surface area contributed by atoms with Crippen molar-refractivity contribution in [2.24, 2.45) is 0 Å². The van der Waals surface area contributed by atoms with E-state index in [4.69, 9.17) is 0 Å². The molecule has 4 rings (SSSR count). The SMILES string of the molecule is CC(C)N1CC(=O)N(C(C)c2ccc(C(F)(F)F)cc2)C2(CN(c3ccccn3)C2)C1=O. The third-order valence-corrected chi connectivity index (χ3v) is 6.30. The predicted molar refractivity (Wildman–Crippen MR) is 113 cm³/mol. The summed E-state index contributed by atoms with van der Waals surface area (Å²) in [6.07, 6.45) is -2.77. The van der Waals surface area contributed by atoms with Crippen LogP contribution in [0.5, 0.6) is 0 Å². The van der Waals surface area contributed by atoms with Crippen LogP contribution in [0, 0.1) is 0 Å². The number of rotatable bonds is 4. The number of piperazine rings is 1. The number of anilines is 1. The van der Waals surface area contributed by atoms with E-state index < -0.39 is 23.3 Å². The molecule has 0 saturated carbocycles. The standard InChI is InChI=1S/C23H25F3N4O2/c1-15(2)29-12-20(31)30(16(3)17-7-9-18(10-8-17)23(24,25)26)22(21(29)32)13-28(14-22)19-6-4-5-11-27-19/h4-11,15-16H,12-14H2,1-3H3. The van der Waals surface area contributed by atoms with Gasteiger partial charge >= 0.3 is 6.18 Å². The maximum absolute atomic E-state index is 13.6. The predicted octanol–water partition coefficient (Wildman–Crippen LogP) is 3.50. The Hall–Kier alpha value is -3.10. The fraction of sp³-hybridized carbons (Fsp3) is 0.435. The number of benzene rings is 1. The van der Waals surface area contributed by atoms with E-state index in [-0.39, 0.29) is 37.5 Å². The molecule has 1 aromatic carbocycles. The quantitative estimate of drug-likeness (QED) is 0.722. The van der Waals surface area contributed by atoms with Gasteiger partial charge in [0.15, 0.2) is 5.54 Å². The summed E-state index contributed by atoms with van der Waals surface area (Å²) >= 11 is 0. The number of hydrogen-bond acceptors (Lipinski definition) is 4. The Balaban J connectivity index is 1.67. The average molecular weight is 446 g/mol. The molecule has 1 atom stereocenters. The van der Waals surface area contributed by atoms with E-state index in [9.17, 15) is 22.8 Å². The molecule has 6 nitrogen and oxygen atoms in total. The van der Waals surface area contributed by atoms with Crippen molar-refractivity contribution in [1.29, 1.82) is 0 Å². The molecule has 9 heteroatoms. The van der Waals surface area contributed by atoms with Gasteiger partial charge in [0.2, 0.25) is 5.91 Å². The molecule has 2 aromatic rings. The zero-order chi connectivity index (χ0) is 23.3. The first-order valence-corrected chi connectivity index (χ1v) is 10.5. The van der Waals surface area contributed by atoms with Crippen LogP contribution in [0.3, 0.4) is 0 Å². The molecule has 2 aliphatic heterocycles. The number of hydrogen-bond donors (Lipinski definition) is 0. The first-order valence-electron chi connectivity index (χ1n) is 10.5. The minimum atomic E-state index is -4.44. The summed E-state index contributed by atoms with van der Waals surface area (Å²) in [4.78, 5) is 36.2. The highest BCUT2D eigenvalue weighted by molar-refractivity contribution is 6.00. The highest BCUT2D eigenvalue weighted by Gasteiger charge is 2.61. The van der Waals surface area contributed by atoms with E-state index in [2.05, 4.69) is 4.98 Å². The smallest absolute Gasteiger partial charge is 0.351 e. The van der Waals surface area contributed by atoms with Crippen LogP contribution in [0.2, 0.25) is 0 Å². The van der Waals surface area contributed by atoms with E-state index in [0.29, 0.717) is 11.4 Å². The fourth-order valence-electron chi connectivity index (χ4n) is 4.58. The first kappa shape index (κ1) is 22.1. The summed E-state index contributed by atoms with van der Waals surface area (Å²) in [5.41, 5.74) is -1.29. The summed E-state index contributed by atoms with van der Waals surface area (Å²) in [5.74, 6) is 0.353. The van der Waals surface area contributed by atoms with Crippen LogP contribution < -0.4 is 4.90 Å². The maximum atomic E-state index is 13.6. The van der Waals surface area contributed by atoms with Gasteiger partial charge in [-0.25, -0.2) is 4.98 Å². The largest absolute Gasteiger partial charge is 0.416 e. The molecule has 1 unspecified atom stereocenters. The molecule has 0 aliphatic carbocycles. The molecular formula is C23H25F3N4O2. The van der Waals surface area contributed by atoms with Gasteiger partial charge in [0.1, 0.15) is 12.4 Å². The summed E-state index contributed by atoms with van der Waals surface area (Å²) < 4.78 is 38.9. The second-order valence-electron chi connectivity index (χ2n) is 8.66. The van der Waals surface area contributed by atoms with Crippen LogP contribution in [-0.4, -0.2) is 57.8 Å². The van der Waals surface area contributed by atoms with Crippen molar-refractivity contribution in [3.8, 4) is 0 Å². The molecule has 2 fully saturated rings. The van der Waals surface area contributed by atoms with Gasteiger partial charge in [-0.3, -0.25) is 9.59 Å². The Bertz CT molecular complexity index is 1000. The van der Waals surface area contributed by atoms with Gasteiger partial charge in [-0.05, 0) is 50.6 Å². The van der Waals surface area contributed by atoms with Gasteiger partial charge < -0.3 is 14.7 Å². The van der Waals surface area contributed by atoms with Crippen LogP contribution in [0.25, 0.3) is 0 Å². The summed E-state index contributed by atoms with van der Waals surface area (Å²) in [6.45, 7) is 5.99. The second kappa shape index (κ2) is 7.79.